The Morgan fingerprint density at radius 3 is 2.64 bits per heavy atom. The van der Waals surface area contributed by atoms with Crippen LogP contribution in [0.2, 0.25) is 0 Å². The van der Waals surface area contributed by atoms with Crippen molar-refractivity contribution in [2.75, 3.05) is 37.0 Å². The van der Waals surface area contributed by atoms with Gasteiger partial charge in [-0.25, -0.2) is 9.37 Å². The van der Waals surface area contributed by atoms with Gasteiger partial charge in [0, 0.05) is 42.6 Å². The lowest BCUT2D eigenvalue weighted by molar-refractivity contribution is 0.0840. The highest BCUT2D eigenvalue weighted by Gasteiger charge is 2.33. The first-order valence-corrected chi connectivity index (χ1v) is 14.9. The molecule has 2 unspecified atom stereocenters. The van der Waals surface area contributed by atoms with Gasteiger partial charge in [-0.15, -0.1) is 0 Å². The Morgan fingerprint density at radius 2 is 1.84 bits per heavy atom. The van der Waals surface area contributed by atoms with Crippen LogP contribution in [0.5, 0.6) is 17.2 Å². The summed E-state index contributed by atoms with van der Waals surface area (Å²) in [6, 6.07) is 21.5. The van der Waals surface area contributed by atoms with E-state index in [1.54, 1.807) is 30.3 Å². The number of carbonyl (C=O) groups is 1. The van der Waals surface area contributed by atoms with Crippen LogP contribution in [0.3, 0.4) is 0 Å². The van der Waals surface area contributed by atoms with E-state index in [0.717, 1.165) is 37.3 Å². The number of rotatable bonds is 7. The van der Waals surface area contributed by atoms with Crippen LogP contribution in [0, 0.1) is 5.82 Å². The number of pyridine rings is 1. The lowest BCUT2D eigenvalue weighted by atomic mass is 10.0. The number of nitrogens with zero attached hydrogens (tertiary/aromatic N) is 4. The number of fused-ring (bicyclic) bond motifs is 2. The largest absolute Gasteiger partial charge is 0.490 e. The van der Waals surface area contributed by atoms with Gasteiger partial charge in [0.1, 0.15) is 24.0 Å². The normalized spacial score (nSPS) is 17.8. The van der Waals surface area contributed by atoms with Crippen LogP contribution >= 0.6 is 0 Å². The second kappa shape index (κ2) is 12.0. The Balaban J connectivity index is 1.25. The van der Waals surface area contributed by atoms with Crippen LogP contribution in [0.15, 0.2) is 89.9 Å². The van der Waals surface area contributed by atoms with Crippen LogP contribution < -0.4 is 30.6 Å². The van der Waals surface area contributed by atoms with Crippen molar-refractivity contribution < 1.29 is 18.7 Å². The van der Waals surface area contributed by atoms with E-state index in [1.807, 2.05) is 24.3 Å². The van der Waals surface area contributed by atoms with Crippen LogP contribution in [-0.2, 0) is 0 Å². The summed E-state index contributed by atoms with van der Waals surface area (Å²) in [6.07, 6.45) is 3.83. The number of nitrogens with one attached hydrogen (secondary N) is 2. The number of hydrogen-bond acceptors (Lipinski definition) is 9. The molecule has 2 N–H and O–H groups in total. The van der Waals surface area contributed by atoms with Crippen molar-refractivity contribution in [1.29, 1.82) is 0 Å². The minimum absolute atomic E-state index is 0.0910. The highest BCUT2D eigenvalue weighted by Crippen LogP contribution is 2.32. The summed E-state index contributed by atoms with van der Waals surface area (Å²) in [5.41, 5.74) is 1.77. The zero-order valence-electron chi connectivity index (χ0n) is 24.6. The second-order valence-electron chi connectivity index (χ2n) is 11.2. The lowest BCUT2D eigenvalue weighted by Gasteiger charge is -2.33. The maximum Gasteiger partial charge on any atom is 0.296 e. The third kappa shape index (κ3) is 5.58. The molecule has 0 spiro atoms. The second-order valence-corrected chi connectivity index (χ2v) is 11.2. The van der Waals surface area contributed by atoms with Gasteiger partial charge in [0.25, 0.3) is 5.56 Å². The van der Waals surface area contributed by atoms with E-state index < -0.39 is 17.4 Å². The topological polar surface area (TPSA) is 111 Å². The molecule has 2 aromatic heterocycles. The first-order valence-electron chi connectivity index (χ1n) is 14.9. The standard InChI is InChI=1S/C34H31FN6O4/c1-40(24-7-6-16-36-19-24)23-14-12-22(13-15-23)38-34-37-18-21-17-30(45-29-11-5-3-9-26(29)35)33(43)41(32(21)39-34)27-20-44-28-10-4-2-8-25(28)31(27)42/h2-5,8-15,17-18,24,27,36H,6-7,16,19-20H2,1H3,(H,37,38,39). The minimum atomic E-state index is -1.04. The summed E-state index contributed by atoms with van der Waals surface area (Å²) in [5.74, 6) is -0.537. The van der Waals surface area contributed by atoms with Crippen molar-refractivity contribution in [2.45, 2.75) is 24.9 Å². The molecule has 0 bridgehead atoms. The smallest absolute Gasteiger partial charge is 0.296 e. The SMILES string of the molecule is CN(c1ccc(Nc2ncc3cc(Oc4ccccc4F)c(=O)n(C4COc5ccccc5C4=O)c3n2)cc1)C1CCCNC1. The van der Waals surface area contributed by atoms with E-state index in [1.165, 1.54) is 35.0 Å². The lowest BCUT2D eigenvalue weighted by Crippen LogP contribution is -2.44. The van der Waals surface area contributed by atoms with Gasteiger partial charge in [0.05, 0.1) is 5.56 Å². The summed E-state index contributed by atoms with van der Waals surface area (Å²) in [5, 5.41) is 7.10. The third-order valence-corrected chi connectivity index (χ3v) is 8.31. The van der Waals surface area contributed by atoms with Gasteiger partial charge in [0.2, 0.25) is 5.95 Å². The maximum absolute atomic E-state index is 14.5. The van der Waals surface area contributed by atoms with E-state index in [0.29, 0.717) is 22.7 Å². The molecule has 11 heteroatoms. The van der Waals surface area contributed by atoms with Gasteiger partial charge < -0.3 is 25.0 Å². The molecule has 3 aromatic carbocycles. The van der Waals surface area contributed by atoms with Crippen molar-refractivity contribution >= 4 is 34.1 Å². The number of ether oxygens (including phenoxy) is 2. The van der Waals surface area contributed by atoms with E-state index in [9.17, 15) is 14.0 Å². The van der Waals surface area contributed by atoms with E-state index >= 15 is 0 Å². The number of carbonyl (C=O) groups excluding carboxylic acids is 1. The minimum Gasteiger partial charge on any atom is -0.490 e. The van der Waals surface area contributed by atoms with Gasteiger partial charge in [0.15, 0.2) is 23.1 Å². The number of hydrogen-bond donors (Lipinski definition) is 2. The Morgan fingerprint density at radius 1 is 1.04 bits per heavy atom. The Bertz CT molecular complexity index is 1940. The van der Waals surface area contributed by atoms with Crippen molar-refractivity contribution in [1.82, 2.24) is 19.9 Å². The number of para-hydroxylation sites is 2. The number of benzene rings is 3. The monoisotopic (exact) mass is 606 g/mol. The fraction of sp³-hybridized carbons (Fsp3) is 0.235. The molecule has 5 aromatic rings. The van der Waals surface area contributed by atoms with Gasteiger partial charge in [-0.1, -0.05) is 24.3 Å². The first kappa shape index (κ1) is 28.5. The zero-order chi connectivity index (χ0) is 30.9. The van der Waals surface area contributed by atoms with E-state index in [4.69, 9.17) is 9.47 Å². The average molecular weight is 607 g/mol. The predicted molar refractivity (Wildman–Crippen MR) is 170 cm³/mol. The molecule has 10 nitrogen and oxygen atoms in total. The molecule has 0 radical (unpaired) electrons. The van der Waals surface area contributed by atoms with Crippen molar-refractivity contribution in [3.8, 4) is 17.2 Å². The number of halogens is 1. The molecular weight excluding hydrogens is 575 g/mol. The maximum atomic E-state index is 14.5. The number of Topliss-reactive ketones (excluding diaryl/α,β-unsaturated/α-hetero) is 1. The fourth-order valence-corrected chi connectivity index (χ4v) is 5.86. The van der Waals surface area contributed by atoms with E-state index in [-0.39, 0.29) is 35.5 Å². The van der Waals surface area contributed by atoms with Crippen LogP contribution in [0.25, 0.3) is 11.0 Å². The number of aromatic nitrogens is 3. The van der Waals surface area contributed by atoms with Gasteiger partial charge in [-0.3, -0.25) is 14.2 Å². The van der Waals surface area contributed by atoms with Crippen molar-refractivity contribution in [3.63, 3.8) is 0 Å². The Labute approximate surface area is 258 Å². The quantitative estimate of drug-likeness (QED) is 0.249. The van der Waals surface area contributed by atoms with Crippen LogP contribution in [0.1, 0.15) is 29.2 Å². The number of anilines is 3. The molecule has 2 atom stereocenters. The highest BCUT2D eigenvalue weighted by molar-refractivity contribution is 6.03. The molecule has 228 valence electrons. The molecule has 0 saturated carbocycles. The number of likely N-dealkylation sites (N-methyl/N-ethyl adjacent to an activating group) is 1. The summed E-state index contributed by atoms with van der Waals surface area (Å²) in [7, 11) is 2.10. The molecule has 1 saturated heterocycles. The molecular formula is C34H31FN6O4. The molecule has 0 aliphatic carbocycles. The molecule has 2 aliphatic rings. The molecule has 45 heavy (non-hydrogen) atoms. The molecule has 2 aliphatic heterocycles. The number of ketones is 1. The third-order valence-electron chi connectivity index (χ3n) is 8.31. The number of piperidine rings is 1. The summed E-state index contributed by atoms with van der Waals surface area (Å²) >= 11 is 0. The van der Waals surface area contributed by atoms with Crippen molar-refractivity contribution in [3.05, 3.63) is 107 Å². The average Bonchev–Trinajstić information content (AvgIpc) is 3.07. The van der Waals surface area contributed by atoms with Gasteiger partial charge >= 0.3 is 0 Å². The molecule has 1 fully saturated rings. The van der Waals surface area contributed by atoms with Gasteiger partial charge in [-0.05, 0) is 74.0 Å². The predicted octanol–water partition coefficient (Wildman–Crippen LogP) is 5.47. The van der Waals surface area contributed by atoms with Crippen LogP contribution in [0.4, 0.5) is 21.7 Å². The molecule has 7 rings (SSSR count). The van der Waals surface area contributed by atoms with E-state index in [2.05, 4.69) is 32.5 Å². The highest BCUT2D eigenvalue weighted by atomic mass is 19.1. The summed E-state index contributed by atoms with van der Waals surface area (Å²) in [6.45, 7) is 1.92. The first-order chi connectivity index (χ1) is 22.0. The Hall–Kier alpha value is -5.29. The fourth-order valence-electron chi connectivity index (χ4n) is 5.86. The molecule has 4 heterocycles. The zero-order valence-corrected chi connectivity index (χ0v) is 24.6. The van der Waals surface area contributed by atoms with Crippen LogP contribution in [-0.4, -0.2) is 53.1 Å². The van der Waals surface area contributed by atoms with Crippen molar-refractivity contribution in [2.24, 2.45) is 0 Å². The van der Waals surface area contributed by atoms with Gasteiger partial charge in [-0.2, -0.15) is 4.98 Å². The summed E-state index contributed by atoms with van der Waals surface area (Å²) in [4.78, 5) is 39.1. The Kier molecular flexibility index (Phi) is 7.60. The molecule has 0 amide bonds. The summed E-state index contributed by atoms with van der Waals surface area (Å²) < 4.78 is 27.4.